The molecule has 1 aliphatic heterocycles. The zero-order valence-corrected chi connectivity index (χ0v) is 16.1. The first-order valence-corrected chi connectivity index (χ1v) is 9.78. The number of carbonyl (C=O) groups is 1. The van der Waals surface area contributed by atoms with E-state index in [4.69, 9.17) is 14.2 Å². The number of nitrogens with zero attached hydrogens (tertiary/aromatic N) is 3. The Bertz CT molecular complexity index is 1040. The highest BCUT2D eigenvalue weighted by Gasteiger charge is 2.16. The van der Waals surface area contributed by atoms with E-state index in [1.807, 2.05) is 0 Å². The van der Waals surface area contributed by atoms with Crippen LogP contribution < -0.4 is 10.3 Å². The van der Waals surface area contributed by atoms with Crippen LogP contribution in [-0.4, -0.2) is 39.9 Å². The van der Waals surface area contributed by atoms with E-state index < -0.39 is 5.97 Å². The third-order valence-electron chi connectivity index (χ3n) is 4.29. The van der Waals surface area contributed by atoms with Gasteiger partial charge >= 0.3 is 5.97 Å². The quantitative estimate of drug-likeness (QED) is 0.586. The second-order valence-electron chi connectivity index (χ2n) is 6.47. The summed E-state index contributed by atoms with van der Waals surface area (Å²) >= 11 is 1.22. The Labute approximate surface area is 164 Å². The first kappa shape index (κ1) is 18.6. The largest absolute Gasteiger partial charge is 0.491 e. The van der Waals surface area contributed by atoms with Gasteiger partial charge in [-0.1, -0.05) is 11.3 Å². The fraction of sp³-hybridized carbons (Fsp3) is 0.368. The minimum atomic E-state index is -0.471. The summed E-state index contributed by atoms with van der Waals surface area (Å²) in [6.07, 6.45) is 2.22. The summed E-state index contributed by atoms with van der Waals surface area (Å²) in [7, 11) is 0. The number of hydrogen-bond donors (Lipinski definition) is 0. The molecule has 146 valence electrons. The predicted molar refractivity (Wildman–Crippen MR) is 102 cm³/mol. The number of rotatable bonds is 6. The van der Waals surface area contributed by atoms with Gasteiger partial charge in [0.25, 0.3) is 5.56 Å². The molecular weight excluding hydrogens is 382 g/mol. The van der Waals surface area contributed by atoms with E-state index in [-0.39, 0.29) is 18.3 Å². The Morgan fingerprint density at radius 2 is 2.18 bits per heavy atom. The van der Waals surface area contributed by atoms with Gasteiger partial charge in [0.1, 0.15) is 19.0 Å². The summed E-state index contributed by atoms with van der Waals surface area (Å²) in [6, 6.07) is 8.18. The van der Waals surface area contributed by atoms with Crippen LogP contribution in [0.1, 0.15) is 33.9 Å². The Hall–Kier alpha value is -2.78. The second kappa shape index (κ2) is 8.07. The molecule has 9 heteroatoms. The summed E-state index contributed by atoms with van der Waals surface area (Å²) in [6.45, 7) is 3.02. The fourth-order valence-corrected chi connectivity index (χ4v) is 3.74. The van der Waals surface area contributed by atoms with Crippen molar-refractivity contribution in [2.45, 2.75) is 32.5 Å². The molecule has 0 bridgehead atoms. The topological polar surface area (TPSA) is 92.0 Å². The number of fused-ring (bicyclic) bond motifs is 1. The van der Waals surface area contributed by atoms with Gasteiger partial charge < -0.3 is 14.2 Å². The molecule has 1 saturated heterocycles. The minimum absolute atomic E-state index is 0.0252. The van der Waals surface area contributed by atoms with Crippen LogP contribution in [0.4, 0.5) is 0 Å². The number of esters is 1. The zero-order chi connectivity index (χ0) is 19.5. The molecule has 0 spiro atoms. The number of aryl methyl sites for hydroxylation is 1. The minimum Gasteiger partial charge on any atom is -0.491 e. The molecule has 3 aromatic rings. The molecule has 1 aromatic carbocycles. The SMILES string of the molecule is Cc1cc(=O)n2nc(COC(=O)c3ccc(OC[C@@H]4CCCO4)cc3)sc2n1. The molecule has 0 N–H and O–H groups in total. The fourth-order valence-electron chi connectivity index (χ4n) is 2.88. The average Bonchev–Trinajstić information content (AvgIpc) is 3.34. The molecule has 1 aliphatic rings. The summed E-state index contributed by atoms with van der Waals surface area (Å²) in [4.78, 5) is 28.9. The smallest absolute Gasteiger partial charge is 0.338 e. The van der Waals surface area contributed by atoms with E-state index in [0.29, 0.717) is 33.6 Å². The average molecular weight is 401 g/mol. The molecular formula is C19H19N3O5S. The van der Waals surface area contributed by atoms with Gasteiger partial charge in [-0.05, 0) is 44.0 Å². The van der Waals surface area contributed by atoms with Crippen LogP contribution in [0.25, 0.3) is 4.96 Å². The van der Waals surface area contributed by atoms with Crippen molar-refractivity contribution in [2.24, 2.45) is 0 Å². The van der Waals surface area contributed by atoms with Gasteiger partial charge in [0.2, 0.25) is 4.96 Å². The molecule has 4 rings (SSSR count). The van der Waals surface area contributed by atoms with Gasteiger partial charge in [-0.3, -0.25) is 4.79 Å². The highest BCUT2D eigenvalue weighted by molar-refractivity contribution is 7.16. The van der Waals surface area contributed by atoms with Crippen LogP contribution in [0.3, 0.4) is 0 Å². The molecule has 0 aliphatic carbocycles. The Morgan fingerprint density at radius 1 is 1.36 bits per heavy atom. The lowest BCUT2D eigenvalue weighted by Crippen LogP contribution is -2.16. The maximum atomic E-state index is 12.2. The van der Waals surface area contributed by atoms with E-state index in [1.54, 1.807) is 31.2 Å². The zero-order valence-electron chi connectivity index (χ0n) is 15.3. The molecule has 8 nitrogen and oxygen atoms in total. The van der Waals surface area contributed by atoms with Crippen LogP contribution in [-0.2, 0) is 16.1 Å². The number of hydrogen-bond acceptors (Lipinski definition) is 8. The summed E-state index contributed by atoms with van der Waals surface area (Å²) in [5, 5.41) is 4.65. The van der Waals surface area contributed by atoms with E-state index >= 15 is 0 Å². The van der Waals surface area contributed by atoms with Gasteiger partial charge in [0.05, 0.1) is 11.7 Å². The molecule has 0 saturated carbocycles. The molecule has 1 atom stereocenters. The summed E-state index contributed by atoms with van der Waals surface area (Å²) < 4.78 is 17.7. The van der Waals surface area contributed by atoms with Crippen molar-refractivity contribution in [3.8, 4) is 5.75 Å². The van der Waals surface area contributed by atoms with Gasteiger partial charge in [-0.15, -0.1) is 0 Å². The lowest BCUT2D eigenvalue weighted by atomic mass is 10.2. The van der Waals surface area contributed by atoms with Gasteiger partial charge in [-0.2, -0.15) is 9.61 Å². The molecule has 3 heterocycles. The number of ether oxygens (including phenoxy) is 3. The van der Waals surface area contributed by atoms with Crippen molar-refractivity contribution < 1.29 is 19.0 Å². The highest BCUT2D eigenvalue weighted by atomic mass is 32.1. The van der Waals surface area contributed by atoms with E-state index in [1.165, 1.54) is 21.9 Å². The normalized spacial score (nSPS) is 16.4. The van der Waals surface area contributed by atoms with Gasteiger partial charge in [0, 0.05) is 18.4 Å². The Balaban J connectivity index is 1.34. The van der Waals surface area contributed by atoms with Crippen LogP contribution in [0, 0.1) is 6.92 Å². The third-order valence-corrected chi connectivity index (χ3v) is 5.17. The predicted octanol–water partition coefficient (Wildman–Crippen LogP) is 2.37. The maximum absolute atomic E-state index is 12.2. The highest BCUT2D eigenvalue weighted by Crippen LogP contribution is 2.18. The summed E-state index contributed by atoms with van der Waals surface area (Å²) in [5.74, 6) is 0.209. The van der Waals surface area contributed by atoms with Crippen molar-refractivity contribution in [1.82, 2.24) is 14.6 Å². The molecule has 0 amide bonds. The Kier molecular flexibility index (Phi) is 5.36. The van der Waals surface area contributed by atoms with Crippen LogP contribution >= 0.6 is 11.3 Å². The first-order valence-electron chi connectivity index (χ1n) is 8.96. The van der Waals surface area contributed by atoms with Crippen molar-refractivity contribution >= 4 is 22.3 Å². The lowest BCUT2D eigenvalue weighted by Gasteiger charge is -2.11. The third kappa shape index (κ3) is 4.20. The molecule has 0 radical (unpaired) electrons. The van der Waals surface area contributed by atoms with Crippen LogP contribution in [0.15, 0.2) is 35.1 Å². The van der Waals surface area contributed by atoms with Gasteiger partial charge in [0.15, 0.2) is 5.01 Å². The number of carbonyl (C=O) groups excluding carboxylic acids is 1. The molecule has 1 fully saturated rings. The van der Waals surface area contributed by atoms with Crippen molar-refractivity contribution in [3.05, 3.63) is 57.0 Å². The van der Waals surface area contributed by atoms with Crippen molar-refractivity contribution in [2.75, 3.05) is 13.2 Å². The van der Waals surface area contributed by atoms with Crippen LogP contribution in [0.2, 0.25) is 0 Å². The number of benzene rings is 1. The van der Waals surface area contributed by atoms with Gasteiger partial charge in [-0.25, -0.2) is 9.78 Å². The standard InChI is InChI=1S/C19H19N3O5S/c1-12-9-17(23)22-19(20-12)28-16(21-22)11-27-18(24)13-4-6-14(7-5-13)26-10-15-3-2-8-25-15/h4-7,9,15H,2-3,8,10-11H2,1H3/t15-/m0/s1. The van der Waals surface area contributed by atoms with Crippen molar-refractivity contribution in [1.29, 1.82) is 0 Å². The van der Waals surface area contributed by atoms with Crippen LogP contribution in [0.5, 0.6) is 5.75 Å². The van der Waals surface area contributed by atoms with E-state index in [0.717, 1.165) is 19.4 Å². The Morgan fingerprint density at radius 3 is 2.93 bits per heavy atom. The monoisotopic (exact) mass is 401 g/mol. The molecule has 28 heavy (non-hydrogen) atoms. The van der Waals surface area contributed by atoms with Crippen molar-refractivity contribution in [3.63, 3.8) is 0 Å². The second-order valence-corrected chi connectivity index (χ2v) is 7.51. The lowest BCUT2D eigenvalue weighted by molar-refractivity contribution is 0.0471. The molecule has 2 aromatic heterocycles. The van der Waals surface area contributed by atoms with E-state index in [9.17, 15) is 9.59 Å². The molecule has 0 unspecified atom stereocenters. The first-order chi connectivity index (χ1) is 13.6. The van der Waals surface area contributed by atoms with E-state index in [2.05, 4.69) is 10.1 Å². The number of aromatic nitrogens is 3. The summed E-state index contributed by atoms with van der Waals surface area (Å²) in [5.41, 5.74) is 0.783. The maximum Gasteiger partial charge on any atom is 0.338 e.